The molecule has 0 aliphatic heterocycles. The normalized spacial score (nSPS) is 10.3. The molecule has 0 amide bonds. The van der Waals surface area contributed by atoms with Crippen LogP contribution in [0.25, 0.3) is 0 Å². The maximum absolute atomic E-state index is 5.63. The third-order valence-corrected chi connectivity index (χ3v) is 2.82. The van der Waals surface area contributed by atoms with E-state index >= 15 is 0 Å². The zero-order chi connectivity index (χ0) is 13.1. The second kappa shape index (κ2) is 5.14. The molecule has 6 heteroatoms. The minimum atomic E-state index is 0.293. The SMILES string of the molecule is Cc1nn(C)cc1CNc1cccnc1C(N)=S. The topological polar surface area (TPSA) is 68.8 Å². The molecule has 2 aromatic heterocycles. The Hall–Kier alpha value is -1.95. The molecule has 0 fully saturated rings. The van der Waals surface area contributed by atoms with Gasteiger partial charge >= 0.3 is 0 Å². The zero-order valence-corrected chi connectivity index (χ0v) is 11.2. The molecule has 5 nitrogen and oxygen atoms in total. The molecule has 0 bridgehead atoms. The van der Waals surface area contributed by atoms with Gasteiger partial charge in [-0.15, -0.1) is 0 Å². The van der Waals surface area contributed by atoms with Crippen molar-refractivity contribution >= 4 is 22.9 Å². The van der Waals surface area contributed by atoms with Crippen LogP contribution in [0.5, 0.6) is 0 Å². The lowest BCUT2D eigenvalue weighted by atomic mass is 10.2. The van der Waals surface area contributed by atoms with Crippen LogP contribution >= 0.6 is 12.2 Å². The Morgan fingerprint density at radius 1 is 1.56 bits per heavy atom. The highest BCUT2D eigenvalue weighted by Gasteiger charge is 2.07. The summed E-state index contributed by atoms with van der Waals surface area (Å²) in [5.74, 6) is 0. The van der Waals surface area contributed by atoms with Crippen molar-refractivity contribution in [1.29, 1.82) is 0 Å². The van der Waals surface area contributed by atoms with E-state index in [9.17, 15) is 0 Å². The number of nitrogens with two attached hydrogens (primary N) is 1. The number of hydrogen-bond acceptors (Lipinski definition) is 4. The fourth-order valence-electron chi connectivity index (χ4n) is 1.76. The lowest BCUT2D eigenvalue weighted by Crippen LogP contribution is -2.15. The van der Waals surface area contributed by atoms with Gasteiger partial charge in [0.2, 0.25) is 0 Å². The van der Waals surface area contributed by atoms with Crippen LogP contribution in [-0.2, 0) is 13.6 Å². The average molecular weight is 261 g/mol. The van der Waals surface area contributed by atoms with Gasteiger partial charge in [0.05, 0.1) is 11.4 Å². The van der Waals surface area contributed by atoms with E-state index in [0.29, 0.717) is 17.2 Å². The molecule has 0 aliphatic carbocycles. The van der Waals surface area contributed by atoms with Gasteiger partial charge in [0.25, 0.3) is 0 Å². The van der Waals surface area contributed by atoms with Crippen LogP contribution in [0.2, 0.25) is 0 Å². The first-order valence-corrected chi connectivity index (χ1v) is 5.96. The van der Waals surface area contributed by atoms with Crippen molar-refractivity contribution in [3.8, 4) is 0 Å². The van der Waals surface area contributed by atoms with Gasteiger partial charge in [-0.05, 0) is 19.1 Å². The number of nitrogens with one attached hydrogen (secondary N) is 1. The summed E-state index contributed by atoms with van der Waals surface area (Å²) in [6.07, 6.45) is 3.66. The van der Waals surface area contributed by atoms with Gasteiger partial charge in [-0.3, -0.25) is 9.67 Å². The largest absolute Gasteiger partial charge is 0.388 e. The molecule has 0 spiro atoms. The number of aromatic nitrogens is 3. The molecule has 0 aromatic carbocycles. The van der Waals surface area contributed by atoms with Crippen molar-refractivity contribution in [3.05, 3.63) is 41.5 Å². The molecule has 0 saturated carbocycles. The Balaban J connectivity index is 2.15. The van der Waals surface area contributed by atoms with E-state index in [-0.39, 0.29) is 0 Å². The molecule has 2 aromatic rings. The van der Waals surface area contributed by atoms with E-state index in [4.69, 9.17) is 18.0 Å². The Morgan fingerprint density at radius 3 is 2.94 bits per heavy atom. The predicted molar refractivity (Wildman–Crippen MR) is 75.4 cm³/mol. The Bertz CT molecular complexity index is 576. The molecular weight excluding hydrogens is 246 g/mol. The van der Waals surface area contributed by atoms with Crippen LogP contribution in [0, 0.1) is 6.92 Å². The predicted octanol–water partition coefficient (Wildman–Crippen LogP) is 1.37. The average Bonchev–Trinajstić information content (AvgIpc) is 2.65. The van der Waals surface area contributed by atoms with Crippen molar-refractivity contribution in [3.63, 3.8) is 0 Å². The molecular formula is C12H15N5S. The maximum Gasteiger partial charge on any atom is 0.124 e. The fourth-order valence-corrected chi connectivity index (χ4v) is 1.92. The van der Waals surface area contributed by atoms with Gasteiger partial charge in [0, 0.05) is 31.5 Å². The fraction of sp³-hybridized carbons (Fsp3) is 0.250. The maximum atomic E-state index is 5.63. The summed E-state index contributed by atoms with van der Waals surface area (Å²) in [7, 11) is 1.90. The van der Waals surface area contributed by atoms with Crippen molar-refractivity contribution in [2.24, 2.45) is 12.8 Å². The number of rotatable bonds is 4. The molecule has 2 rings (SSSR count). The molecule has 0 unspecified atom stereocenters. The zero-order valence-electron chi connectivity index (χ0n) is 10.3. The van der Waals surface area contributed by atoms with Crippen LogP contribution in [0.15, 0.2) is 24.5 Å². The third-order valence-electron chi connectivity index (χ3n) is 2.63. The first kappa shape index (κ1) is 12.5. The van der Waals surface area contributed by atoms with Crippen molar-refractivity contribution < 1.29 is 0 Å². The Kier molecular flexibility index (Phi) is 3.57. The van der Waals surface area contributed by atoms with Crippen LogP contribution < -0.4 is 11.1 Å². The van der Waals surface area contributed by atoms with Crippen LogP contribution in [0.1, 0.15) is 17.0 Å². The second-order valence-corrected chi connectivity index (χ2v) is 4.47. The van der Waals surface area contributed by atoms with E-state index in [1.54, 1.807) is 10.9 Å². The standard InChI is InChI=1S/C12H15N5S/c1-8-9(7-17(2)16-8)6-15-10-4-3-5-14-11(10)12(13)18/h3-5,7,15H,6H2,1-2H3,(H2,13,18). The van der Waals surface area contributed by atoms with Gasteiger partial charge in [-0.1, -0.05) is 12.2 Å². The van der Waals surface area contributed by atoms with Crippen molar-refractivity contribution in [1.82, 2.24) is 14.8 Å². The van der Waals surface area contributed by atoms with Gasteiger partial charge < -0.3 is 11.1 Å². The van der Waals surface area contributed by atoms with Crippen LogP contribution in [0.4, 0.5) is 5.69 Å². The molecule has 2 heterocycles. The molecule has 0 atom stereocenters. The summed E-state index contributed by atoms with van der Waals surface area (Å²) in [6.45, 7) is 2.65. The molecule has 0 saturated heterocycles. The highest BCUT2D eigenvalue weighted by atomic mass is 32.1. The molecule has 18 heavy (non-hydrogen) atoms. The minimum absolute atomic E-state index is 0.293. The van der Waals surface area contributed by atoms with E-state index in [1.807, 2.05) is 32.3 Å². The smallest absolute Gasteiger partial charge is 0.124 e. The second-order valence-electron chi connectivity index (χ2n) is 4.03. The van der Waals surface area contributed by atoms with E-state index in [1.165, 1.54) is 0 Å². The van der Waals surface area contributed by atoms with E-state index in [2.05, 4.69) is 15.4 Å². The molecule has 94 valence electrons. The van der Waals surface area contributed by atoms with Gasteiger partial charge in [0.15, 0.2) is 0 Å². The summed E-state index contributed by atoms with van der Waals surface area (Å²) in [5.41, 5.74) is 9.23. The number of pyridine rings is 1. The quantitative estimate of drug-likeness (QED) is 0.814. The van der Waals surface area contributed by atoms with Crippen molar-refractivity contribution in [2.75, 3.05) is 5.32 Å². The third kappa shape index (κ3) is 2.65. The minimum Gasteiger partial charge on any atom is -0.388 e. The number of thiocarbonyl (C=S) groups is 1. The summed E-state index contributed by atoms with van der Waals surface area (Å²) >= 11 is 4.97. The van der Waals surface area contributed by atoms with Gasteiger partial charge in [-0.25, -0.2) is 0 Å². The van der Waals surface area contributed by atoms with Gasteiger partial charge in [-0.2, -0.15) is 5.10 Å². The number of aryl methyl sites for hydroxylation is 2. The summed E-state index contributed by atoms with van der Waals surface area (Å²) in [5, 5.41) is 7.57. The van der Waals surface area contributed by atoms with Crippen molar-refractivity contribution in [2.45, 2.75) is 13.5 Å². The monoisotopic (exact) mass is 261 g/mol. The summed E-state index contributed by atoms with van der Waals surface area (Å²) < 4.78 is 1.80. The molecule has 3 N–H and O–H groups in total. The Morgan fingerprint density at radius 2 is 2.33 bits per heavy atom. The number of anilines is 1. The van der Waals surface area contributed by atoms with Crippen LogP contribution in [-0.4, -0.2) is 19.8 Å². The lowest BCUT2D eigenvalue weighted by molar-refractivity contribution is 0.756. The summed E-state index contributed by atoms with van der Waals surface area (Å²) in [4.78, 5) is 4.46. The number of hydrogen-bond donors (Lipinski definition) is 2. The first-order chi connectivity index (χ1) is 8.58. The van der Waals surface area contributed by atoms with E-state index in [0.717, 1.165) is 16.9 Å². The van der Waals surface area contributed by atoms with Crippen LogP contribution in [0.3, 0.4) is 0 Å². The van der Waals surface area contributed by atoms with Gasteiger partial charge in [0.1, 0.15) is 10.7 Å². The van der Waals surface area contributed by atoms with E-state index < -0.39 is 0 Å². The Labute approximate surface area is 111 Å². The molecule has 0 aliphatic rings. The summed E-state index contributed by atoms with van der Waals surface area (Å²) in [6, 6.07) is 3.76. The number of nitrogens with zero attached hydrogens (tertiary/aromatic N) is 3. The highest BCUT2D eigenvalue weighted by molar-refractivity contribution is 7.80. The lowest BCUT2D eigenvalue weighted by Gasteiger charge is -2.09. The highest BCUT2D eigenvalue weighted by Crippen LogP contribution is 2.14. The molecule has 0 radical (unpaired) electrons. The first-order valence-electron chi connectivity index (χ1n) is 5.55.